The van der Waals surface area contributed by atoms with Crippen molar-refractivity contribution in [3.63, 3.8) is 0 Å². The lowest BCUT2D eigenvalue weighted by Gasteiger charge is -2.32. The zero-order valence-corrected chi connectivity index (χ0v) is 12.9. The molecular formula is C16H31NO2. The fraction of sp³-hybridized carbons (Fsp3) is 1.00. The lowest BCUT2D eigenvalue weighted by molar-refractivity contribution is -0.0228. The first-order valence-corrected chi connectivity index (χ1v) is 8.06. The molecule has 0 amide bonds. The van der Waals surface area contributed by atoms with Gasteiger partial charge in [-0.05, 0) is 50.0 Å². The predicted molar refractivity (Wildman–Crippen MR) is 78.4 cm³/mol. The van der Waals surface area contributed by atoms with Gasteiger partial charge in [-0.1, -0.05) is 20.8 Å². The van der Waals surface area contributed by atoms with E-state index in [4.69, 9.17) is 9.47 Å². The van der Waals surface area contributed by atoms with Crippen molar-refractivity contribution in [1.29, 1.82) is 0 Å². The van der Waals surface area contributed by atoms with Gasteiger partial charge >= 0.3 is 0 Å². The molecule has 0 spiro atoms. The average molecular weight is 269 g/mol. The summed E-state index contributed by atoms with van der Waals surface area (Å²) in [7, 11) is 0. The molecule has 1 saturated carbocycles. The topological polar surface area (TPSA) is 30.5 Å². The van der Waals surface area contributed by atoms with Gasteiger partial charge < -0.3 is 14.8 Å². The summed E-state index contributed by atoms with van der Waals surface area (Å²) in [4.78, 5) is 0. The van der Waals surface area contributed by atoms with E-state index in [1.807, 2.05) is 0 Å². The van der Waals surface area contributed by atoms with Gasteiger partial charge in [-0.25, -0.2) is 0 Å². The third-order valence-electron chi connectivity index (χ3n) is 4.79. The minimum atomic E-state index is 0.371. The van der Waals surface area contributed by atoms with Gasteiger partial charge in [-0.15, -0.1) is 0 Å². The van der Waals surface area contributed by atoms with E-state index in [9.17, 15) is 0 Å². The van der Waals surface area contributed by atoms with Crippen molar-refractivity contribution in [3.8, 4) is 0 Å². The van der Waals surface area contributed by atoms with E-state index in [2.05, 4.69) is 26.1 Å². The smallest absolute Gasteiger partial charge is 0.0733 e. The maximum Gasteiger partial charge on any atom is 0.0733 e. The molecule has 3 nitrogen and oxygen atoms in total. The maximum atomic E-state index is 6.27. The van der Waals surface area contributed by atoms with Crippen molar-refractivity contribution < 1.29 is 9.47 Å². The van der Waals surface area contributed by atoms with Crippen LogP contribution in [0.4, 0.5) is 0 Å². The summed E-state index contributed by atoms with van der Waals surface area (Å²) < 4.78 is 11.7. The molecule has 3 heteroatoms. The second kappa shape index (κ2) is 7.05. The third kappa shape index (κ3) is 4.17. The summed E-state index contributed by atoms with van der Waals surface area (Å²) in [6, 6.07) is 0.521. The van der Waals surface area contributed by atoms with E-state index in [0.29, 0.717) is 23.5 Å². The van der Waals surface area contributed by atoms with Crippen LogP contribution in [0.3, 0.4) is 0 Å². The summed E-state index contributed by atoms with van der Waals surface area (Å²) >= 11 is 0. The Bertz CT molecular complexity index is 261. The largest absolute Gasteiger partial charge is 0.381 e. The highest BCUT2D eigenvalue weighted by atomic mass is 16.5. The van der Waals surface area contributed by atoms with Crippen molar-refractivity contribution in [2.45, 2.75) is 65.0 Å². The van der Waals surface area contributed by atoms with E-state index in [1.54, 1.807) is 0 Å². The molecule has 0 radical (unpaired) electrons. The Kier molecular flexibility index (Phi) is 5.67. The molecule has 0 aromatic rings. The number of ether oxygens (including phenoxy) is 2. The van der Waals surface area contributed by atoms with Crippen molar-refractivity contribution in [2.75, 3.05) is 26.4 Å². The van der Waals surface area contributed by atoms with Gasteiger partial charge in [0.15, 0.2) is 0 Å². The highest BCUT2D eigenvalue weighted by molar-refractivity contribution is 4.97. The van der Waals surface area contributed by atoms with Gasteiger partial charge in [0, 0.05) is 19.3 Å². The Balaban J connectivity index is 1.80. The van der Waals surface area contributed by atoms with Gasteiger partial charge in [0.25, 0.3) is 0 Å². The van der Waals surface area contributed by atoms with E-state index in [1.165, 1.54) is 32.1 Å². The molecule has 19 heavy (non-hydrogen) atoms. The first-order chi connectivity index (χ1) is 9.13. The Labute approximate surface area is 118 Å². The lowest BCUT2D eigenvalue weighted by Crippen LogP contribution is -2.46. The van der Waals surface area contributed by atoms with Crippen molar-refractivity contribution >= 4 is 0 Å². The Morgan fingerprint density at radius 1 is 1.21 bits per heavy atom. The normalized spacial score (nSPS) is 31.7. The van der Waals surface area contributed by atoms with Crippen LogP contribution in [0.5, 0.6) is 0 Å². The summed E-state index contributed by atoms with van der Waals surface area (Å²) in [5.41, 5.74) is 0.371. The molecule has 2 aliphatic rings. The number of rotatable bonds is 6. The van der Waals surface area contributed by atoms with E-state index in [-0.39, 0.29) is 0 Å². The van der Waals surface area contributed by atoms with Crippen LogP contribution in [0.2, 0.25) is 0 Å². The number of hydrogen-bond donors (Lipinski definition) is 1. The maximum absolute atomic E-state index is 6.27. The molecule has 2 rings (SSSR count). The molecule has 2 atom stereocenters. The number of hydrogen-bond acceptors (Lipinski definition) is 3. The molecule has 1 saturated heterocycles. The third-order valence-corrected chi connectivity index (χ3v) is 4.79. The summed E-state index contributed by atoms with van der Waals surface area (Å²) in [5, 5.41) is 3.71. The van der Waals surface area contributed by atoms with E-state index in [0.717, 1.165) is 26.4 Å². The minimum Gasteiger partial charge on any atom is -0.381 e. The second-order valence-corrected chi connectivity index (χ2v) is 6.89. The quantitative estimate of drug-likeness (QED) is 0.804. The predicted octanol–water partition coefficient (Wildman–Crippen LogP) is 2.99. The van der Waals surface area contributed by atoms with Crippen LogP contribution in [0, 0.1) is 11.3 Å². The van der Waals surface area contributed by atoms with Crippen molar-refractivity contribution in [1.82, 2.24) is 5.32 Å². The molecule has 0 aromatic carbocycles. The molecule has 2 fully saturated rings. The fourth-order valence-electron chi connectivity index (χ4n) is 3.40. The van der Waals surface area contributed by atoms with Crippen molar-refractivity contribution in [3.05, 3.63) is 0 Å². The van der Waals surface area contributed by atoms with E-state index < -0.39 is 0 Å². The summed E-state index contributed by atoms with van der Waals surface area (Å²) in [6.45, 7) is 10.8. The Hall–Kier alpha value is -0.120. The molecule has 1 N–H and O–H groups in total. The Morgan fingerprint density at radius 3 is 2.63 bits per heavy atom. The molecule has 2 unspecified atom stereocenters. The molecule has 1 heterocycles. The summed E-state index contributed by atoms with van der Waals surface area (Å²) in [5.74, 6) is 0.712. The monoisotopic (exact) mass is 269 g/mol. The molecule has 112 valence electrons. The first kappa shape index (κ1) is 15.3. The van der Waals surface area contributed by atoms with Crippen LogP contribution in [-0.4, -0.2) is 38.5 Å². The van der Waals surface area contributed by atoms with Crippen LogP contribution in [0.25, 0.3) is 0 Å². The van der Waals surface area contributed by atoms with Crippen LogP contribution in [0.1, 0.15) is 52.9 Å². The van der Waals surface area contributed by atoms with Gasteiger partial charge in [0.1, 0.15) is 0 Å². The van der Waals surface area contributed by atoms with Gasteiger partial charge in [0.05, 0.1) is 12.7 Å². The molecular weight excluding hydrogens is 238 g/mol. The van der Waals surface area contributed by atoms with Crippen LogP contribution in [0.15, 0.2) is 0 Å². The molecule has 1 aliphatic carbocycles. The lowest BCUT2D eigenvalue weighted by atomic mass is 9.87. The standard InChI is InChI=1S/C16H31NO2/c1-4-9-17-15-14(5-8-16(15,2)3)19-12-13-6-10-18-11-7-13/h13-15,17H,4-12H2,1-3H3. The minimum absolute atomic E-state index is 0.371. The van der Waals surface area contributed by atoms with Gasteiger partial charge in [0.2, 0.25) is 0 Å². The van der Waals surface area contributed by atoms with E-state index >= 15 is 0 Å². The summed E-state index contributed by atoms with van der Waals surface area (Å²) in [6.07, 6.45) is 6.42. The molecule has 0 aromatic heterocycles. The number of nitrogens with one attached hydrogen (secondary N) is 1. The zero-order chi connectivity index (χ0) is 13.7. The highest BCUT2D eigenvalue weighted by Crippen LogP contribution is 2.39. The van der Waals surface area contributed by atoms with Crippen molar-refractivity contribution in [2.24, 2.45) is 11.3 Å². The SMILES string of the molecule is CCCNC1C(OCC2CCOCC2)CCC1(C)C. The van der Waals surface area contributed by atoms with Gasteiger partial charge in [-0.3, -0.25) is 0 Å². The Morgan fingerprint density at radius 2 is 1.95 bits per heavy atom. The van der Waals surface area contributed by atoms with Crippen LogP contribution in [-0.2, 0) is 9.47 Å². The first-order valence-electron chi connectivity index (χ1n) is 8.06. The van der Waals surface area contributed by atoms with Crippen LogP contribution < -0.4 is 5.32 Å². The zero-order valence-electron chi connectivity index (χ0n) is 12.9. The molecule has 0 bridgehead atoms. The fourth-order valence-corrected chi connectivity index (χ4v) is 3.40. The van der Waals surface area contributed by atoms with Gasteiger partial charge in [-0.2, -0.15) is 0 Å². The highest BCUT2D eigenvalue weighted by Gasteiger charge is 2.42. The second-order valence-electron chi connectivity index (χ2n) is 6.89. The van der Waals surface area contributed by atoms with Crippen LogP contribution >= 0.6 is 0 Å². The molecule has 1 aliphatic heterocycles. The average Bonchev–Trinajstić information content (AvgIpc) is 2.70.